The number of amides is 1. The number of para-hydroxylation sites is 1. The molecule has 1 amide bonds. The van der Waals surface area contributed by atoms with Crippen molar-refractivity contribution >= 4 is 28.9 Å². The summed E-state index contributed by atoms with van der Waals surface area (Å²) in [5, 5.41) is 10.1. The minimum absolute atomic E-state index is 0.199. The van der Waals surface area contributed by atoms with Gasteiger partial charge in [-0.25, -0.2) is 13.9 Å². The highest BCUT2D eigenvalue weighted by atomic mass is 16.2. The maximum atomic E-state index is 12.5. The summed E-state index contributed by atoms with van der Waals surface area (Å²) in [6.07, 6.45) is 1.59. The van der Waals surface area contributed by atoms with Gasteiger partial charge in [0.25, 0.3) is 5.78 Å². The lowest BCUT2D eigenvalue weighted by Crippen LogP contribution is -2.28. The largest absolute Gasteiger partial charge is 0.352 e. The molecule has 2 heterocycles. The van der Waals surface area contributed by atoms with E-state index < -0.39 is 5.69 Å². The van der Waals surface area contributed by atoms with Crippen molar-refractivity contribution in [1.82, 2.24) is 19.2 Å². The normalized spacial score (nSPS) is 11.0. The molecule has 8 nitrogen and oxygen atoms in total. The Hall–Kier alpha value is -3.94. The fourth-order valence-corrected chi connectivity index (χ4v) is 3.04. The van der Waals surface area contributed by atoms with Gasteiger partial charge in [-0.15, -0.1) is 5.10 Å². The molecule has 4 aromatic rings. The number of carbonyl (C=O) groups excluding carboxylic acids is 1. The summed E-state index contributed by atoms with van der Waals surface area (Å²) < 4.78 is 2.41. The third-order valence-corrected chi connectivity index (χ3v) is 4.66. The van der Waals surface area contributed by atoms with E-state index >= 15 is 0 Å². The van der Waals surface area contributed by atoms with E-state index in [-0.39, 0.29) is 18.2 Å². The zero-order chi connectivity index (χ0) is 21.1. The van der Waals surface area contributed by atoms with Crippen molar-refractivity contribution in [1.29, 1.82) is 0 Å². The lowest BCUT2D eigenvalue weighted by molar-refractivity contribution is -0.117. The maximum Gasteiger partial charge on any atom is 0.352 e. The second-order valence-electron chi connectivity index (χ2n) is 7.24. The number of aromatic nitrogens is 4. The fourth-order valence-electron chi connectivity index (χ4n) is 3.04. The Morgan fingerprint density at radius 3 is 2.43 bits per heavy atom. The monoisotopic (exact) mass is 402 g/mol. The molecule has 2 aromatic heterocycles. The van der Waals surface area contributed by atoms with Gasteiger partial charge in [0.1, 0.15) is 12.4 Å². The average Bonchev–Trinajstić information content (AvgIpc) is 3.03. The third kappa shape index (κ3) is 4.22. The van der Waals surface area contributed by atoms with Crippen LogP contribution in [0.25, 0.3) is 5.78 Å². The number of fused-ring (bicyclic) bond motifs is 1. The molecule has 30 heavy (non-hydrogen) atoms. The van der Waals surface area contributed by atoms with Crippen LogP contribution in [0.1, 0.15) is 25.3 Å². The van der Waals surface area contributed by atoms with Crippen LogP contribution in [0.15, 0.2) is 71.7 Å². The van der Waals surface area contributed by atoms with Gasteiger partial charge >= 0.3 is 5.69 Å². The molecule has 0 saturated carbocycles. The van der Waals surface area contributed by atoms with Gasteiger partial charge in [-0.3, -0.25) is 4.79 Å². The van der Waals surface area contributed by atoms with Crippen LogP contribution in [0.5, 0.6) is 0 Å². The first kappa shape index (κ1) is 19.4. The van der Waals surface area contributed by atoms with E-state index in [4.69, 9.17) is 0 Å². The molecule has 0 atom stereocenters. The van der Waals surface area contributed by atoms with Gasteiger partial charge in [0, 0.05) is 17.6 Å². The highest BCUT2D eigenvalue weighted by Gasteiger charge is 2.13. The van der Waals surface area contributed by atoms with Gasteiger partial charge in [0.15, 0.2) is 0 Å². The number of hydrogen-bond acceptors (Lipinski definition) is 5. The average molecular weight is 402 g/mol. The van der Waals surface area contributed by atoms with Crippen LogP contribution in [-0.2, 0) is 11.3 Å². The van der Waals surface area contributed by atoms with Crippen molar-refractivity contribution in [3.8, 4) is 0 Å². The molecule has 0 radical (unpaired) electrons. The standard InChI is InChI=1S/C22H22N6O2/c1-15(2)16-8-10-18(11-9-16)24-20(29)14-28-22(30)27-13-12-19(25-21(27)26-28)23-17-6-4-3-5-7-17/h3-13,15H,14H2,1-2H3,(H,24,29)(H,23,25,26). The molecule has 0 fully saturated rings. The van der Waals surface area contributed by atoms with Crippen LogP contribution in [0, 0.1) is 0 Å². The molecule has 0 aliphatic rings. The van der Waals surface area contributed by atoms with Gasteiger partial charge in [-0.05, 0) is 41.8 Å². The number of nitrogens with one attached hydrogen (secondary N) is 2. The molecular formula is C22H22N6O2. The minimum Gasteiger partial charge on any atom is -0.340 e. The van der Waals surface area contributed by atoms with E-state index in [0.717, 1.165) is 10.4 Å². The van der Waals surface area contributed by atoms with E-state index in [9.17, 15) is 9.59 Å². The molecule has 0 aliphatic carbocycles. The Bertz CT molecular complexity index is 1230. The fraction of sp³-hybridized carbons (Fsp3) is 0.182. The third-order valence-electron chi connectivity index (χ3n) is 4.66. The second kappa shape index (κ2) is 8.20. The lowest BCUT2D eigenvalue weighted by Gasteiger charge is -2.08. The van der Waals surface area contributed by atoms with Crippen molar-refractivity contribution < 1.29 is 4.79 Å². The van der Waals surface area contributed by atoms with Gasteiger partial charge < -0.3 is 10.6 Å². The van der Waals surface area contributed by atoms with Crippen molar-refractivity contribution in [2.24, 2.45) is 0 Å². The second-order valence-corrected chi connectivity index (χ2v) is 7.24. The molecule has 2 N–H and O–H groups in total. The SMILES string of the molecule is CC(C)c1ccc(NC(=O)Cn2nc3nc(Nc4ccccc4)ccn3c2=O)cc1. The predicted octanol–water partition coefficient (Wildman–Crippen LogP) is 3.40. The van der Waals surface area contributed by atoms with E-state index in [0.29, 0.717) is 17.4 Å². The molecule has 2 aromatic carbocycles. The van der Waals surface area contributed by atoms with Crippen molar-refractivity contribution in [3.63, 3.8) is 0 Å². The van der Waals surface area contributed by atoms with Crippen molar-refractivity contribution in [2.75, 3.05) is 10.6 Å². The molecular weight excluding hydrogens is 380 g/mol. The first-order valence-electron chi connectivity index (χ1n) is 9.68. The zero-order valence-corrected chi connectivity index (χ0v) is 16.7. The summed E-state index contributed by atoms with van der Waals surface area (Å²) in [6, 6.07) is 18.9. The molecule has 8 heteroatoms. The summed E-state index contributed by atoms with van der Waals surface area (Å²) >= 11 is 0. The van der Waals surface area contributed by atoms with Gasteiger partial charge in [0.05, 0.1) is 0 Å². The first-order chi connectivity index (χ1) is 14.5. The molecule has 0 unspecified atom stereocenters. The maximum absolute atomic E-state index is 12.5. The molecule has 0 aliphatic heterocycles. The Morgan fingerprint density at radius 1 is 1.00 bits per heavy atom. The summed E-state index contributed by atoms with van der Waals surface area (Å²) in [7, 11) is 0. The van der Waals surface area contributed by atoms with Crippen LogP contribution in [0.4, 0.5) is 17.2 Å². The number of rotatable bonds is 6. The first-order valence-corrected chi connectivity index (χ1v) is 9.68. The van der Waals surface area contributed by atoms with E-state index in [1.807, 2.05) is 54.6 Å². The predicted molar refractivity (Wildman–Crippen MR) is 116 cm³/mol. The highest BCUT2D eigenvalue weighted by molar-refractivity contribution is 5.90. The van der Waals surface area contributed by atoms with Crippen molar-refractivity contribution in [3.05, 3.63) is 82.9 Å². The molecule has 4 rings (SSSR count). The number of nitrogens with zero attached hydrogens (tertiary/aromatic N) is 4. The number of carbonyl (C=O) groups is 1. The highest BCUT2D eigenvalue weighted by Crippen LogP contribution is 2.17. The smallest absolute Gasteiger partial charge is 0.340 e. The van der Waals surface area contributed by atoms with Crippen LogP contribution in [0.3, 0.4) is 0 Å². The van der Waals surface area contributed by atoms with Crippen LogP contribution in [0.2, 0.25) is 0 Å². The topological polar surface area (TPSA) is 93.3 Å². The van der Waals surface area contributed by atoms with Gasteiger partial charge in [-0.1, -0.05) is 44.2 Å². The molecule has 0 bridgehead atoms. The van der Waals surface area contributed by atoms with Crippen LogP contribution < -0.4 is 16.3 Å². The van der Waals surface area contributed by atoms with E-state index in [1.54, 1.807) is 12.3 Å². The minimum atomic E-state index is -0.422. The summed E-state index contributed by atoms with van der Waals surface area (Å²) in [6.45, 7) is 4.02. The summed E-state index contributed by atoms with van der Waals surface area (Å²) in [5.74, 6) is 0.857. The number of anilines is 3. The quantitative estimate of drug-likeness (QED) is 0.516. The van der Waals surface area contributed by atoms with Gasteiger partial charge in [-0.2, -0.15) is 4.98 Å². The Balaban J connectivity index is 1.49. The lowest BCUT2D eigenvalue weighted by atomic mass is 10.0. The zero-order valence-electron chi connectivity index (χ0n) is 16.7. The Morgan fingerprint density at radius 2 is 1.73 bits per heavy atom. The molecule has 152 valence electrons. The summed E-state index contributed by atoms with van der Waals surface area (Å²) in [5.41, 5.74) is 2.32. The Labute approximate surface area is 173 Å². The Kier molecular flexibility index (Phi) is 5.30. The van der Waals surface area contributed by atoms with Crippen LogP contribution >= 0.6 is 0 Å². The van der Waals surface area contributed by atoms with Crippen LogP contribution in [-0.4, -0.2) is 25.1 Å². The summed E-state index contributed by atoms with van der Waals surface area (Å²) in [4.78, 5) is 29.3. The van der Waals surface area contributed by atoms with E-state index in [1.165, 1.54) is 9.96 Å². The molecule has 0 saturated heterocycles. The van der Waals surface area contributed by atoms with Crippen molar-refractivity contribution in [2.45, 2.75) is 26.3 Å². The number of benzene rings is 2. The van der Waals surface area contributed by atoms with Gasteiger partial charge in [0.2, 0.25) is 5.91 Å². The van der Waals surface area contributed by atoms with E-state index in [2.05, 4.69) is 34.6 Å². The molecule has 0 spiro atoms. The number of hydrogen-bond donors (Lipinski definition) is 2.